The highest BCUT2D eigenvalue weighted by atomic mass is 19.1. The molecule has 3 nitrogen and oxygen atoms in total. The monoisotopic (exact) mass is 236 g/mol. The fourth-order valence-electron chi connectivity index (χ4n) is 2.23. The molecular formula is C13H17FN2O. The number of hydrogen-bond acceptors (Lipinski definition) is 2. The predicted molar refractivity (Wildman–Crippen MR) is 65.2 cm³/mol. The summed E-state index contributed by atoms with van der Waals surface area (Å²) in [6.07, 6.45) is 4.04. The molecular weight excluding hydrogens is 219 g/mol. The van der Waals surface area contributed by atoms with Crippen molar-refractivity contribution in [3.63, 3.8) is 0 Å². The molecule has 1 aliphatic carbocycles. The van der Waals surface area contributed by atoms with Crippen LogP contribution in [-0.4, -0.2) is 11.4 Å². The molecule has 1 fully saturated rings. The highest BCUT2D eigenvalue weighted by Gasteiger charge is 2.36. The minimum atomic E-state index is -0.477. The fraction of sp³-hybridized carbons (Fsp3) is 0.462. The number of nitrogen functional groups attached to an aromatic ring is 1. The second-order valence-corrected chi connectivity index (χ2v) is 4.71. The lowest BCUT2D eigenvalue weighted by atomic mass is 9.74. The van der Waals surface area contributed by atoms with E-state index in [9.17, 15) is 9.18 Å². The normalized spacial score (nSPS) is 17.3. The Morgan fingerprint density at radius 3 is 2.65 bits per heavy atom. The lowest BCUT2D eigenvalue weighted by molar-refractivity contribution is 0.0820. The minimum Gasteiger partial charge on any atom is -0.399 e. The van der Waals surface area contributed by atoms with Gasteiger partial charge in [-0.05, 0) is 43.9 Å². The summed E-state index contributed by atoms with van der Waals surface area (Å²) in [7, 11) is 0. The maximum atomic E-state index is 13.1. The quantitative estimate of drug-likeness (QED) is 0.792. The van der Waals surface area contributed by atoms with Crippen LogP contribution in [0.3, 0.4) is 0 Å². The molecule has 0 spiro atoms. The molecule has 1 aromatic rings. The summed E-state index contributed by atoms with van der Waals surface area (Å²) in [4.78, 5) is 12.0. The van der Waals surface area contributed by atoms with E-state index in [4.69, 9.17) is 5.73 Å². The molecule has 17 heavy (non-hydrogen) atoms. The van der Waals surface area contributed by atoms with Gasteiger partial charge in [-0.1, -0.05) is 6.92 Å². The standard InChI is InChI=1S/C13H17FN2O/c1-2-13(4-3-5-13)16-12(17)9-6-10(14)8-11(15)7-9/h6-8H,2-5,15H2,1H3,(H,16,17). The third kappa shape index (κ3) is 2.40. The molecule has 2 rings (SSSR count). The van der Waals surface area contributed by atoms with Crippen molar-refractivity contribution in [3.05, 3.63) is 29.6 Å². The summed E-state index contributed by atoms with van der Waals surface area (Å²) < 4.78 is 13.1. The van der Waals surface area contributed by atoms with E-state index in [1.807, 2.05) is 0 Å². The Morgan fingerprint density at radius 1 is 1.47 bits per heavy atom. The summed E-state index contributed by atoms with van der Waals surface area (Å²) in [6, 6.07) is 3.92. The average molecular weight is 236 g/mol. The molecule has 3 N–H and O–H groups in total. The smallest absolute Gasteiger partial charge is 0.251 e. The van der Waals surface area contributed by atoms with Crippen molar-refractivity contribution in [1.29, 1.82) is 0 Å². The third-order valence-corrected chi connectivity index (χ3v) is 3.55. The van der Waals surface area contributed by atoms with Crippen molar-refractivity contribution >= 4 is 11.6 Å². The number of anilines is 1. The number of benzene rings is 1. The first kappa shape index (κ1) is 11.9. The van der Waals surface area contributed by atoms with Crippen molar-refractivity contribution < 1.29 is 9.18 Å². The van der Waals surface area contributed by atoms with Gasteiger partial charge in [0.1, 0.15) is 5.82 Å². The summed E-state index contributed by atoms with van der Waals surface area (Å²) in [5.41, 5.74) is 6.00. The lowest BCUT2D eigenvalue weighted by Gasteiger charge is -2.42. The summed E-state index contributed by atoms with van der Waals surface area (Å²) >= 11 is 0. The van der Waals surface area contributed by atoms with Gasteiger partial charge in [0.05, 0.1) is 0 Å². The maximum Gasteiger partial charge on any atom is 0.251 e. The van der Waals surface area contributed by atoms with Gasteiger partial charge in [0.15, 0.2) is 0 Å². The topological polar surface area (TPSA) is 55.1 Å². The fourth-order valence-corrected chi connectivity index (χ4v) is 2.23. The third-order valence-electron chi connectivity index (χ3n) is 3.55. The zero-order valence-electron chi connectivity index (χ0n) is 9.92. The van der Waals surface area contributed by atoms with Crippen LogP contribution < -0.4 is 11.1 Å². The number of amides is 1. The van der Waals surface area contributed by atoms with E-state index in [0.29, 0.717) is 5.56 Å². The molecule has 0 radical (unpaired) electrons. The van der Waals surface area contributed by atoms with E-state index in [2.05, 4.69) is 12.2 Å². The van der Waals surface area contributed by atoms with Gasteiger partial charge < -0.3 is 11.1 Å². The van der Waals surface area contributed by atoms with Gasteiger partial charge in [-0.3, -0.25) is 4.79 Å². The van der Waals surface area contributed by atoms with E-state index < -0.39 is 5.82 Å². The molecule has 1 saturated carbocycles. The van der Waals surface area contributed by atoms with E-state index in [0.717, 1.165) is 25.7 Å². The van der Waals surface area contributed by atoms with E-state index in [-0.39, 0.29) is 17.1 Å². The zero-order valence-corrected chi connectivity index (χ0v) is 9.92. The number of carbonyl (C=O) groups excluding carboxylic acids is 1. The molecule has 4 heteroatoms. The van der Waals surface area contributed by atoms with Gasteiger partial charge in [-0.2, -0.15) is 0 Å². The number of nitrogens with two attached hydrogens (primary N) is 1. The van der Waals surface area contributed by atoms with Gasteiger partial charge >= 0.3 is 0 Å². The van der Waals surface area contributed by atoms with Gasteiger partial charge in [-0.15, -0.1) is 0 Å². The van der Waals surface area contributed by atoms with Gasteiger partial charge in [0, 0.05) is 16.8 Å². The van der Waals surface area contributed by atoms with E-state index >= 15 is 0 Å². The van der Waals surface area contributed by atoms with Crippen molar-refractivity contribution in [2.24, 2.45) is 0 Å². The van der Waals surface area contributed by atoms with Crippen molar-refractivity contribution in [1.82, 2.24) is 5.32 Å². The Bertz CT molecular complexity index is 415. The number of hydrogen-bond donors (Lipinski definition) is 2. The lowest BCUT2D eigenvalue weighted by Crippen LogP contribution is -2.53. The van der Waals surface area contributed by atoms with Crippen LogP contribution in [0.5, 0.6) is 0 Å². The number of carbonyl (C=O) groups is 1. The Kier molecular flexibility index (Phi) is 3.05. The van der Waals surface area contributed by atoms with Crippen LogP contribution in [0.15, 0.2) is 18.2 Å². The van der Waals surface area contributed by atoms with Crippen LogP contribution in [0.1, 0.15) is 43.0 Å². The van der Waals surface area contributed by atoms with Crippen LogP contribution in [-0.2, 0) is 0 Å². The Hall–Kier alpha value is -1.58. The van der Waals surface area contributed by atoms with Gasteiger partial charge in [0.2, 0.25) is 0 Å². The first-order valence-electron chi connectivity index (χ1n) is 5.93. The van der Waals surface area contributed by atoms with E-state index in [1.165, 1.54) is 18.2 Å². The molecule has 0 aliphatic heterocycles. The summed E-state index contributed by atoms with van der Waals surface area (Å²) in [6.45, 7) is 2.05. The zero-order chi connectivity index (χ0) is 12.5. The summed E-state index contributed by atoms with van der Waals surface area (Å²) in [5, 5.41) is 2.99. The molecule has 1 aromatic carbocycles. The number of nitrogens with one attached hydrogen (secondary N) is 1. The summed E-state index contributed by atoms with van der Waals surface area (Å²) in [5.74, 6) is -0.716. The Morgan fingerprint density at radius 2 is 2.18 bits per heavy atom. The Labute approximate surface area is 100 Å². The molecule has 1 amide bonds. The van der Waals surface area contributed by atoms with Gasteiger partial charge in [0.25, 0.3) is 5.91 Å². The first-order chi connectivity index (χ1) is 8.04. The van der Waals surface area contributed by atoms with E-state index in [1.54, 1.807) is 0 Å². The molecule has 92 valence electrons. The molecule has 1 aliphatic rings. The Balaban J connectivity index is 2.14. The first-order valence-corrected chi connectivity index (χ1v) is 5.93. The largest absolute Gasteiger partial charge is 0.399 e. The van der Waals surface area contributed by atoms with Crippen LogP contribution in [0, 0.1) is 5.82 Å². The molecule has 0 saturated heterocycles. The molecule has 0 aromatic heterocycles. The molecule has 0 atom stereocenters. The van der Waals surface area contributed by atoms with Crippen molar-refractivity contribution in [3.8, 4) is 0 Å². The maximum absolute atomic E-state index is 13.1. The van der Waals surface area contributed by atoms with Crippen LogP contribution in [0.2, 0.25) is 0 Å². The minimum absolute atomic E-state index is 0.0852. The average Bonchev–Trinajstić information content (AvgIpc) is 2.21. The SMILES string of the molecule is CCC1(NC(=O)c2cc(N)cc(F)c2)CCC1. The van der Waals surface area contributed by atoms with Crippen LogP contribution in [0.4, 0.5) is 10.1 Å². The predicted octanol–water partition coefficient (Wildman–Crippen LogP) is 2.47. The van der Waals surface area contributed by atoms with Gasteiger partial charge in [-0.25, -0.2) is 4.39 Å². The van der Waals surface area contributed by atoms with Crippen molar-refractivity contribution in [2.45, 2.75) is 38.1 Å². The van der Waals surface area contributed by atoms with Crippen LogP contribution in [0.25, 0.3) is 0 Å². The second-order valence-electron chi connectivity index (χ2n) is 4.71. The van der Waals surface area contributed by atoms with Crippen LogP contribution >= 0.6 is 0 Å². The number of halogens is 1. The molecule has 0 bridgehead atoms. The molecule has 0 heterocycles. The number of rotatable bonds is 3. The highest BCUT2D eigenvalue weighted by Crippen LogP contribution is 2.34. The highest BCUT2D eigenvalue weighted by molar-refractivity contribution is 5.95. The van der Waals surface area contributed by atoms with Crippen molar-refractivity contribution in [2.75, 3.05) is 5.73 Å². The second kappa shape index (κ2) is 4.35. The molecule has 0 unspecified atom stereocenters.